The molecule has 1 heterocycles. The molecular weight excluding hydrogens is 370 g/mol. The number of fused-ring (bicyclic) bond motifs is 1. The SMILES string of the molecule is CCCCCN(CCCCC)CC(C)NC(=S)Nc1ccc2c(c1)OCCO2. The van der Waals surface area contributed by atoms with Crippen LogP contribution in [0, 0.1) is 0 Å². The number of benzene rings is 1. The summed E-state index contributed by atoms with van der Waals surface area (Å²) in [5.41, 5.74) is 0.914. The molecule has 2 N–H and O–H groups in total. The molecule has 1 aromatic rings. The van der Waals surface area contributed by atoms with Crippen LogP contribution in [-0.2, 0) is 0 Å². The summed E-state index contributed by atoms with van der Waals surface area (Å²) in [5, 5.41) is 7.34. The first-order valence-corrected chi connectivity index (χ1v) is 11.2. The molecule has 0 fully saturated rings. The Morgan fingerprint density at radius 1 is 1.04 bits per heavy atom. The standard InChI is InChI=1S/C22H37N3O2S/c1-4-6-8-12-25(13-9-7-5-2)17-18(3)23-22(28)24-19-10-11-20-21(16-19)27-15-14-26-20/h10-11,16,18H,4-9,12-15,17H2,1-3H3,(H2,23,24,28). The van der Waals surface area contributed by atoms with Crippen molar-refractivity contribution in [2.24, 2.45) is 0 Å². The summed E-state index contributed by atoms with van der Waals surface area (Å²) >= 11 is 5.52. The van der Waals surface area contributed by atoms with E-state index in [0.29, 0.717) is 24.4 Å². The van der Waals surface area contributed by atoms with Crippen LogP contribution < -0.4 is 20.1 Å². The van der Waals surface area contributed by atoms with Gasteiger partial charge in [0.15, 0.2) is 16.6 Å². The molecule has 0 aromatic heterocycles. The number of rotatable bonds is 12. The van der Waals surface area contributed by atoms with Gasteiger partial charge in [-0.05, 0) is 57.2 Å². The molecule has 1 atom stereocenters. The first kappa shape index (κ1) is 22.8. The molecule has 1 aliphatic rings. The van der Waals surface area contributed by atoms with Gasteiger partial charge in [-0.2, -0.15) is 0 Å². The van der Waals surface area contributed by atoms with Crippen molar-refractivity contribution in [2.75, 3.05) is 38.2 Å². The Hall–Kier alpha value is -1.53. The molecule has 0 saturated carbocycles. The van der Waals surface area contributed by atoms with Crippen LogP contribution in [0.4, 0.5) is 5.69 Å². The fourth-order valence-electron chi connectivity index (χ4n) is 3.41. The van der Waals surface area contributed by atoms with Gasteiger partial charge < -0.3 is 25.0 Å². The van der Waals surface area contributed by atoms with E-state index in [1.807, 2.05) is 18.2 Å². The highest BCUT2D eigenvalue weighted by Crippen LogP contribution is 2.32. The second kappa shape index (κ2) is 12.8. The topological polar surface area (TPSA) is 45.8 Å². The summed E-state index contributed by atoms with van der Waals surface area (Å²) in [6, 6.07) is 6.12. The highest BCUT2D eigenvalue weighted by atomic mass is 32.1. The Labute approximate surface area is 176 Å². The van der Waals surface area contributed by atoms with Crippen molar-refractivity contribution in [3.05, 3.63) is 18.2 Å². The number of thiocarbonyl (C=S) groups is 1. The summed E-state index contributed by atoms with van der Waals surface area (Å²) in [6.07, 6.45) is 7.68. The van der Waals surface area contributed by atoms with E-state index in [2.05, 4.69) is 36.3 Å². The highest BCUT2D eigenvalue weighted by molar-refractivity contribution is 7.80. The number of anilines is 1. The van der Waals surface area contributed by atoms with Crippen LogP contribution >= 0.6 is 12.2 Å². The zero-order chi connectivity index (χ0) is 20.2. The van der Waals surface area contributed by atoms with Gasteiger partial charge in [-0.1, -0.05) is 39.5 Å². The zero-order valence-corrected chi connectivity index (χ0v) is 18.6. The third kappa shape index (κ3) is 8.23. The van der Waals surface area contributed by atoms with Crippen molar-refractivity contribution < 1.29 is 9.47 Å². The van der Waals surface area contributed by atoms with Crippen molar-refractivity contribution in [2.45, 2.75) is 65.3 Å². The Morgan fingerprint density at radius 2 is 1.68 bits per heavy atom. The monoisotopic (exact) mass is 407 g/mol. The maximum Gasteiger partial charge on any atom is 0.171 e. The smallest absolute Gasteiger partial charge is 0.171 e. The summed E-state index contributed by atoms with van der Waals surface area (Å²) in [6.45, 7) is 11.3. The van der Waals surface area contributed by atoms with Gasteiger partial charge in [-0.15, -0.1) is 0 Å². The van der Waals surface area contributed by atoms with E-state index in [9.17, 15) is 0 Å². The Kier molecular flexibility index (Phi) is 10.4. The predicted octanol–water partition coefficient (Wildman–Crippen LogP) is 4.82. The van der Waals surface area contributed by atoms with Gasteiger partial charge in [-0.25, -0.2) is 0 Å². The molecule has 6 heteroatoms. The van der Waals surface area contributed by atoms with Crippen LogP contribution in [0.3, 0.4) is 0 Å². The number of nitrogens with one attached hydrogen (secondary N) is 2. The summed E-state index contributed by atoms with van der Waals surface area (Å²) in [7, 11) is 0. The van der Waals surface area contributed by atoms with E-state index in [4.69, 9.17) is 21.7 Å². The molecule has 0 amide bonds. The molecule has 0 saturated heterocycles. The number of hydrogen-bond donors (Lipinski definition) is 2. The average Bonchev–Trinajstić information content (AvgIpc) is 2.68. The lowest BCUT2D eigenvalue weighted by molar-refractivity contribution is 0.171. The van der Waals surface area contributed by atoms with Crippen LogP contribution in [0.1, 0.15) is 59.3 Å². The van der Waals surface area contributed by atoms with Crippen molar-refractivity contribution in [3.63, 3.8) is 0 Å². The minimum Gasteiger partial charge on any atom is -0.486 e. The van der Waals surface area contributed by atoms with Crippen LogP contribution in [0.5, 0.6) is 11.5 Å². The third-order valence-electron chi connectivity index (χ3n) is 4.87. The lowest BCUT2D eigenvalue weighted by Crippen LogP contribution is -2.44. The summed E-state index contributed by atoms with van der Waals surface area (Å²) in [4.78, 5) is 2.58. The molecule has 2 rings (SSSR count). The minimum absolute atomic E-state index is 0.292. The maximum atomic E-state index is 5.64. The van der Waals surface area contributed by atoms with Crippen LogP contribution in [0.2, 0.25) is 0 Å². The molecule has 0 bridgehead atoms. The Balaban J connectivity index is 1.80. The van der Waals surface area contributed by atoms with Crippen LogP contribution in [-0.4, -0.2) is 48.9 Å². The van der Waals surface area contributed by atoms with Crippen molar-refractivity contribution in [1.29, 1.82) is 0 Å². The molecule has 0 spiro atoms. The molecule has 0 radical (unpaired) electrons. The van der Waals surface area contributed by atoms with E-state index in [0.717, 1.165) is 23.7 Å². The molecule has 1 aromatic carbocycles. The molecule has 0 aliphatic carbocycles. The quantitative estimate of drug-likeness (QED) is 0.383. The van der Waals surface area contributed by atoms with Gasteiger partial charge in [0.05, 0.1) is 0 Å². The Morgan fingerprint density at radius 3 is 2.32 bits per heavy atom. The van der Waals surface area contributed by atoms with E-state index >= 15 is 0 Å². The van der Waals surface area contributed by atoms with Gasteiger partial charge in [0.25, 0.3) is 0 Å². The van der Waals surface area contributed by atoms with Crippen LogP contribution in [0.15, 0.2) is 18.2 Å². The lowest BCUT2D eigenvalue weighted by atomic mass is 10.2. The van der Waals surface area contributed by atoms with Gasteiger partial charge in [0, 0.05) is 24.3 Å². The minimum atomic E-state index is 0.292. The van der Waals surface area contributed by atoms with Gasteiger partial charge in [-0.3, -0.25) is 0 Å². The lowest BCUT2D eigenvalue weighted by Gasteiger charge is -2.27. The zero-order valence-electron chi connectivity index (χ0n) is 17.8. The second-order valence-corrected chi connectivity index (χ2v) is 7.98. The number of hydrogen-bond acceptors (Lipinski definition) is 4. The van der Waals surface area contributed by atoms with Crippen molar-refractivity contribution >= 4 is 23.0 Å². The van der Waals surface area contributed by atoms with Gasteiger partial charge in [0.1, 0.15) is 13.2 Å². The average molecular weight is 408 g/mol. The van der Waals surface area contributed by atoms with E-state index in [1.54, 1.807) is 0 Å². The normalized spacial score (nSPS) is 14.0. The van der Waals surface area contributed by atoms with E-state index in [1.165, 1.54) is 51.6 Å². The summed E-state index contributed by atoms with van der Waals surface area (Å²) < 4.78 is 11.2. The third-order valence-corrected chi connectivity index (χ3v) is 5.09. The first-order valence-electron chi connectivity index (χ1n) is 10.8. The van der Waals surface area contributed by atoms with E-state index < -0.39 is 0 Å². The second-order valence-electron chi connectivity index (χ2n) is 7.57. The number of unbranched alkanes of at least 4 members (excludes halogenated alkanes) is 4. The molecular formula is C22H37N3O2S. The maximum absolute atomic E-state index is 5.64. The fraction of sp³-hybridized carbons (Fsp3) is 0.682. The first-order chi connectivity index (χ1) is 13.6. The van der Waals surface area contributed by atoms with E-state index in [-0.39, 0.29) is 0 Å². The van der Waals surface area contributed by atoms with Crippen molar-refractivity contribution in [1.82, 2.24) is 10.2 Å². The van der Waals surface area contributed by atoms with Gasteiger partial charge >= 0.3 is 0 Å². The summed E-state index contributed by atoms with van der Waals surface area (Å²) in [5.74, 6) is 1.56. The van der Waals surface area contributed by atoms with Gasteiger partial charge in [0.2, 0.25) is 0 Å². The molecule has 158 valence electrons. The molecule has 5 nitrogen and oxygen atoms in total. The van der Waals surface area contributed by atoms with Crippen molar-refractivity contribution in [3.8, 4) is 11.5 Å². The number of nitrogens with zero attached hydrogens (tertiary/aromatic N) is 1. The number of ether oxygens (including phenoxy) is 2. The molecule has 1 aliphatic heterocycles. The Bertz CT molecular complexity index is 587. The fourth-order valence-corrected chi connectivity index (χ4v) is 3.73. The molecule has 28 heavy (non-hydrogen) atoms. The highest BCUT2D eigenvalue weighted by Gasteiger charge is 2.14. The predicted molar refractivity (Wildman–Crippen MR) is 122 cm³/mol. The molecule has 1 unspecified atom stereocenters. The van der Waals surface area contributed by atoms with Crippen LogP contribution in [0.25, 0.3) is 0 Å². The largest absolute Gasteiger partial charge is 0.486 e.